The van der Waals surface area contributed by atoms with Crippen LogP contribution in [0.15, 0.2) is 23.0 Å². The Hall–Kier alpha value is -2.63. The van der Waals surface area contributed by atoms with Crippen LogP contribution in [0.4, 0.5) is 5.69 Å². The fourth-order valence-corrected chi connectivity index (χ4v) is 1.81. The van der Waals surface area contributed by atoms with E-state index < -0.39 is 17.1 Å². The summed E-state index contributed by atoms with van der Waals surface area (Å²) in [5.41, 5.74) is 4.57. The van der Waals surface area contributed by atoms with E-state index >= 15 is 0 Å². The van der Waals surface area contributed by atoms with Crippen LogP contribution in [0.3, 0.4) is 0 Å². The molecule has 4 N–H and O–H groups in total. The Kier molecular flexibility index (Phi) is 2.63. The third-order valence-electron chi connectivity index (χ3n) is 2.66. The number of carbonyl (C=O) groups excluding carboxylic acids is 1. The largest absolute Gasteiger partial charge is 0.477 e. The molecule has 0 aliphatic rings. The summed E-state index contributed by atoms with van der Waals surface area (Å²) in [7, 11) is 0. The van der Waals surface area contributed by atoms with Gasteiger partial charge in [-0.15, -0.1) is 0 Å². The smallest absolute Gasteiger partial charge is 0.354 e. The van der Waals surface area contributed by atoms with Gasteiger partial charge in [0.1, 0.15) is 5.69 Å². The van der Waals surface area contributed by atoms with Gasteiger partial charge in [0.05, 0.1) is 10.9 Å². The number of benzene rings is 1. The zero-order valence-electron chi connectivity index (χ0n) is 9.48. The highest BCUT2D eigenvalue weighted by atomic mass is 16.4. The van der Waals surface area contributed by atoms with Gasteiger partial charge < -0.3 is 15.8 Å². The molecule has 0 aliphatic heterocycles. The van der Waals surface area contributed by atoms with Gasteiger partial charge in [-0.1, -0.05) is 12.1 Å². The lowest BCUT2D eigenvalue weighted by atomic mass is 10.0. The molecule has 0 spiro atoms. The highest BCUT2D eigenvalue weighted by Gasteiger charge is 2.17. The predicted molar refractivity (Wildman–Crippen MR) is 65.9 cm³/mol. The van der Waals surface area contributed by atoms with Gasteiger partial charge in [-0.25, -0.2) is 4.79 Å². The molecule has 0 radical (unpaired) electrons. The number of fused-ring (bicyclic) bond motifs is 1. The summed E-state index contributed by atoms with van der Waals surface area (Å²) in [4.78, 5) is 36.9. The van der Waals surface area contributed by atoms with Gasteiger partial charge in [0, 0.05) is 5.56 Å². The van der Waals surface area contributed by atoms with Crippen molar-refractivity contribution in [3.63, 3.8) is 0 Å². The number of aromatic carboxylic acids is 1. The number of rotatable bonds is 2. The number of carbonyl (C=O) groups is 2. The van der Waals surface area contributed by atoms with Gasteiger partial charge in [0.25, 0.3) is 0 Å². The van der Waals surface area contributed by atoms with Gasteiger partial charge >= 0.3 is 5.97 Å². The minimum absolute atomic E-state index is 0.118. The highest BCUT2D eigenvalue weighted by molar-refractivity contribution is 6.08. The average Bonchev–Trinajstić information content (AvgIpc) is 2.32. The van der Waals surface area contributed by atoms with Crippen LogP contribution in [0.5, 0.6) is 0 Å². The van der Waals surface area contributed by atoms with Gasteiger partial charge in [-0.3, -0.25) is 9.59 Å². The SMILES string of the molecule is CC(=O)c1cccc2[nH]c(C(=O)O)c(N)c(=O)c12. The molecule has 2 aromatic rings. The van der Waals surface area contributed by atoms with Crippen LogP contribution >= 0.6 is 0 Å². The molecule has 0 amide bonds. The van der Waals surface area contributed by atoms with E-state index in [0.717, 1.165) is 0 Å². The summed E-state index contributed by atoms with van der Waals surface area (Å²) >= 11 is 0. The van der Waals surface area contributed by atoms with Crippen molar-refractivity contribution in [1.82, 2.24) is 4.98 Å². The van der Waals surface area contributed by atoms with Crippen molar-refractivity contribution in [3.8, 4) is 0 Å². The normalized spacial score (nSPS) is 10.5. The van der Waals surface area contributed by atoms with Crippen molar-refractivity contribution < 1.29 is 14.7 Å². The number of Topliss-reactive ketones (excluding diaryl/α,β-unsaturated/α-hetero) is 1. The lowest BCUT2D eigenvalue weighted by Crippen LogP contribution is -2.18. The number of aromatic amines is 1. The first-order chi connectivity index (χ1) is 8.43. The van der Waals surface area contributed by atoms with Crippen LogP contribution in [0, 0.1) is 0 Å². The quantitative estimate of drug-likeness (QED) is 0.684. The maximum atomic E-state index is 12.0. The summed E-state index contributed by atoms with van der Waals surface area (Å²) in [6, 6.07) is 4.59. The van der Waals surface area contributed by atoms with Crippen molar-refractivity contribution in [1.29, 1.82) is 0 Å². The molecule has 0 saturated heterocycles. The lowest BCUT2D eigenvalue weighted by Gasteiger charge is -2.06. The zero-order chi connectivity index (χ0) is 13.4. The summed E-state index contributed by atoms with van der Waals surface area (Å²) in [6.45, 7) is 1.33. The molecule has 6 heteroatoms. The van der Waals surface area contributed by atoms with Crippen molar-refractivity contribution in [2.75, 3.05) is 5.73 Å². The predicted octanol–water partition coefficient (Wildman–Crippen LogP) is 1.01. The molecule has 1 aromatic carbocycles. The number of hydrogen-bond acceptors (Lipinski definition) is 4. The van der Waals surface area contributed by atoms with Crippen LogP contribution in [0.2, 0.25) is 0 Å². The first kappa shape index (κ1) is 11.8. The van der Waals surface area contributed by atoms with Crippen molar-refractivity contribution in [3.05, 3.63) is 39.7 Å². The Bertz CT molecular complexity index is 731. The van der Waals surface area contributed by atoms with Crippen molar-refractivity contribution >= 4 is 28.3 Å². The second-order valence-corrected chi connectivity index (χ2v) is 3.83. The number of aromatic nitrogens is 1. The molecule has 0 atom stereocenters. The Morgan fingerprint density at radius 3 is 2.56 bits per heavy atom. The van der Waals surface area contributed by atoms with Gasteiger partial charge in [0.2, 0.25) is 5.43 Å². The first-order valence-corrected chi connectivity index (χ1v) is 5.12. The molecule has 0 aliphatic carbocycles. The van der Waals surface area contributed by atoms with Crippen LogP contribution in [-0.4, -0.2) is 21.8 Å². The van der Waals surface area contributed by atoms with Crippen LogP contribution < -0.4 is 11.2 Å². The second-order valence-electron chi connectivity index (χ2n) is 3.83. The third kappa shape index (κ3) is 1.64. The minimum atomic E-state index is -1.32. The number of nitrogen functional groups attached to an aromatic ring is 1. The number of anilines is 1. The van der Waals surface area contributed by atoms with Gasteiger partial charge in [-0.05, 0) is 13.0 Å². The van der Waals surface area contributed by atoms with Crippen molar-refractivity contribution in [2.45, 2.75) is 6.92 Å². The van der Waals surface area contributed by atoms with E-state index in [0.29, 0.717) is 0 Å². The Balaban J connectivity index is 3.00. The lowest BCUT2D eigenvalue weighted by molar-refractivity contribution is 0.0692. The molecule has 2 rings (SSSR count). The van der Waals surface area contributed by atoms with Crippen LogP contribution in [0.25, 0.3) is 10.9 Å². The highest BCUT2D eigenvalue weighted by Crippen LogP contribution is 2.17. The molecule has 0 unspecified atom stereocenters. The molecular weight excluding hydrogens is 236 g/mol. The Morgan fingerprint density at radius 2 is 2.00 bits per heavy atom. The number of nitrogens with two attached hydrogens (primary N) is 1. The van der Waals surface area contributed by atoms with E-state index in [1.165, 1.54) is 19.1 Å². The Morgan fingerprint density at radius 1 is 1.33 bits per heavy atom. The number of hydrogen-bond donors (Lipinski definition) is 3. The van der Waals surface area contributed by atoms with E-state index in [2.05, 4.69) is 4.98 Å². The van der Waals surface area contributed by atoms with Crippen molar-refractivity contribution in [2.24, 2.45) is 0 Å². The fraction of sp³-hybridized carbons (Fsp3) is 0.0833. The molecule has 18 heavy (non-hydrogen) atoms. The fourth-order valence-electron chi connectivity index (χ4n) is 1.81. The number of carboxylic acid groups (broad SMARTS) is 1. The molecule has 0 bridgehead atoms. The topological polar surface area (TPSA) is 113 Å². The molecule has 1 heterocycles. The van der Waals surface area contributed by atoms with Gasteiger partial charge in [-0.2, -0.15) is 0 Å². The molecule has 0 saturated carbocycles. The molecule has 92 valence electrons. The summed E-state index contributed by atoms with van der Waals surface area (Å²) < 4.78 is 0. The monoisotopic (exact) mass is 246 g/mol. The van der Waals surface area contributed by atoms with E-state index in [9.17, 15) is 14.4 Å². The van der Waals surface area contributed by atoms with Crippen LogP contribution in [0.1, 0.15) is 27.8 Å². The summed E-state index contributed by atoms with van der Waals surface area (Å²) in [5, 5.41) is 9.03. The maximum absolute atomic E-state index is 12.0. The zero-order valence-corrected chi connectivity index (χ0v) is 9.48. The van der Waals surface area contributed by atoms with E-state index in [1.54, 1.807) is 6.07 Å². The van der Waals surface area contributed by atoms with E-state index in [1.807, 2.05) is 0 Å². The number of nitrogens with one attached hydrogen (secondary N) is 1. The molecule has 1 aromatic heterocycles. The average molecular weight is 246 g/mol. The maximum Gasteiger partial charge on any atom is 0.354 e. The Labute approximate surface area is 101 Å². The first-order valence-electron chi connectivity index (χ1n) is 5.12. The number of H-pyrrole nitrogens is 1. The molecule has 6 nitrogen and oxygen atoms in total. The molecular formula is C12H10N2O4. The van der Waals surface area contributed by atoms with Gasteiger partial charge in [0.15, 0.2) is 11.5 Å². The minimum Gasteiger partial charge on any atom is -0.477 e. The standard InChI is InChI=1S/C12H10N2O4/c1-5(15)6-3-2-4-7-8(6)11(16)9(13)10(14-7)12(17)18/h2-4H,13H2,1H3,(H,14,16)(H,17,18). The summed E-state index contributed by atoms with van der Waals surface area (Å²) in [6.07, 6.45) is 0. The second kappa shape index (κ2) is 3.99. The van der Waals surface area contributed by atoms with Crippen LogP contribution in [-0.2, 0) is 0 Å². The molecule has 0 fully saturated rings. The number of ketones is 1. The number of carboxylic acids is 1. The summed E-state index contributed by atoms with van der Waals surface area (Å²) in [5.74, 6) is -1.60. The third-order valence-corrected chi connectivity index (χ3v) is 2.66. The van der Waals surface area contributed by atoms with E-state index in [-0.39, 0.29) is 27.9 Å². The number of pyridine rings is 1. The van der Waals surface area contributed by atoms with E-state index in [4.69, 9.17) is 10.8 Å².